The molecule has 0 fully saturated rings. The molecule has 8 nitrogen and oxygen atoms in total. The van der Waals surface area contributed by atoms with Crippen molar-refractivity contribution in [2.24, 2.45) is 0 Å². The van der Waals surface area contributed by atoms with Crippen molar-refractivity contribution in [1.29, 1.82) is 0 Å². The molecular formula is C23H21N7OS. The molecule has 1 amide bonds. The van der Waals surface area contributed by atoms with Crippen LogP contribution in [0.3, 0.4) is 0 Å². The van der Waals surface area contributed by atoms with Crippen molar-refractivity contribution in [1.82, 2.24) is 29.6 Å². The topological polar surface area (TPSA) is 103 Å². The SMILES string of the molecule is C=CC(=O)N1CCC2=C(CC(n3nc(-c4ccc5ncsc5c4)c4c(N)ncnc43)C2)C1. The second-order valence-electron chi connectivity index (χ2n) is 8.27. The van der Waals surface area contributed by atoms with Gasteiger partial charge in [-0.3, -0.25) is 4.79 Å². The lowest BCUT2D eigenvalue weighted by molar-refractivity contribution is -0.125. The largest absolute Gasteiger partial charge is 0.383 e. The molecule has 1 aromatic carbocycles. The number of thiazole rings is 1. The molecule has 4 heterocycles. The molecule has 3 aromatic heterocycles. The number of aromatic nitrogens is 5. The lowest BCUT2D eigenvalue weighted by atomic mass is 10.0. The minimum absolute atomic E-state index is 0.00852. The molecule has 1 aliphatic heterocycles. The Hall–Kier alpha value is -3.59. The van der Waals surface area contributed by atoms with Crippen LogP contribution in [-0.4, -0.2) is 48.6 Å². The van der Waals surface area contributed by atoms with Gasteiger partial charge in [-0.05, 0) is 43.0 Å². The number of nitrogens with two attached hydrogens (primary N) is 1. The van der Waals surface area contributed by atoms with Crippen LogP contribution in [0.1, 0.15) is 25.3 Å². The van der Waals surface area contributed by atoms with Crippen molar-refractivity contribution in [2.75, 3.05) is 18.8 Å². The molecule has 1 atom stereocenters. The van der Waals surface area contributed by atoms with Gasteiger partial charge in [0.2, 0.25) is 5.91 Å². The van der Waals surface area contributed by atoms with Crippen molar-refractivity contribution in [3.05, 3.63) is 53.8 Å². The third kappa shape index (κ3) is 2.92. The summed E-state index contributed by atoms with van der Waals surface area (Å²) in [6.07, 6.45) is 5.56. The van der Waals surface area contributed by atoms with Crippen molar-refractivity contribution >= 4 is 44.3 Å². The first kappa shape index (κ1) is 19.1. The van der Waals surface area contributed by atoms with E-state index in [-0.39, 0.29) is 11.9 Å². The van der Waals surface area contributed by atoms with Crippen LogP contribution in [0.15, 0.2) is 53.8 Å². The number of amides is 1. The first-order chi connectivity index (χ1) is 15.6. The highest BCUT2D eigenvalue weighted by Gasteiger charge is 2.33. The highest BCUT2D eigenvalue weighted by Crippen LogP contribution is 2.42. The summed E-state index contributed by atoms with van der Waals surface area (Å²) in [5, 5.41) is 5.80. The Kier molecular flexibility index (Phi) is 4.32. The Bertz CT molecular complexity index is 1430. The zero-order valence-corrected chi connectivity index (χ0v) is 18.2. The number of hydrogen-bond donors (Lipinski definition) is 1. The quantitative estimate of drug-likeness (QED) is 0.382. The smallest absolute Gasteiger partial charge is 0.246 e. The fourth-order valence-electron chi connectivity index (χ4n) is 4.91. The van der Waals surface area contributed by atoms with Gasteiger partial charge in [-0.2, -0.15) is 5.10 Å². The molecule has 160 valence electrons. The van der Waals surface area contributed by atoms with E-state index >= 15 is 0 Å². The molecule has 4 aromatic rings. The fraction of sp³-hybridized carbons (Fsp3) is 0.261. The van der Waals surface area contributed by atoms with Gasteiger partial charge in [-0.1, -0.05) is 18.2 Å². The van der Waals surface area contributed by atoms with Gasteiger partial charge in [0.15, 0.2) is 5.65 Å². The molecule has 2 N–H and O–H groups in total. The standard InChI is InChI=1S/C23H21N7OS/c1-2-19(31)29-6-5-13-7-16(8-15(13)10-29)30-23-20(22(24)25-11-26-23)21(28-30)14-3-4-17-18(9-14)32-12-27-17/h2-4,9,11-12,16H,1,5-8,10H2,(H2,24,25,26). The number of rotatable bonds is 3. The van der Waals surface area contributed by atoms with Crippen LogP contribution in [0.4, 0.5) is 5.82 Å². The monoisotopic (exact) mass is 443 g/mol. The zero-order valence-electron chi connectivity index (χ0n) is 17.4. The highest BCUT2D eigenvalue weighted by molar-refractivity contribution is 7.16. The molecular weight excluding hydrogens is 422 g/mol. The Balaban J connectivity index is 1.40. The average molecular weight is 444 g/mol. The molecule has 1 unspecified atom stereocenters. The molecule has 1 aliphatic carbocycles. The van der Waals surface area contributed by atoms with Gasteiger partial charge in [-0.15, -0.1) is 11.3 Å². The van der Waals surface area contributed by atoms with Gasteiger partial charge in [0.1, 0.15) is 17.8 Å². The van der Waals surface area contributed by atoms with Crippen LogP contribution in [-0.2, 0) is 4.79 Å². The van der Waals surface area contributed by atoms with E-state index in [4.69, 9.17) is 10.8 Å². The second kappa shape index (κ2) is 7.23. The van der Waals surface area contributed by atoms with E-state index in [1.54, 1.807) is 11.3 Å². The van der Waals surface area contributed by atoms with E-state index in [0.717, 1.165) is 58.3 Å². The van der Waals surface area contributed by atoms with Gasteiger partial charge in [0, 0.05) is 18.7 Å². The minimum atomic E-state index is -0.00852. The second-order valence-corrected chi connectivity index (χ2v) is 9.15. The van der Waals surface area contributed by atoms with E-state index in [2.05, 4.69) is 27.6 Å². The predicted octanol–water partition coefficient (Wildman–Crippen LogP) is 3.74. The normalized spacial score (nSPS) is 18.5. The van der Waals surface area contributed by atoms with Crippen molar-refractivity contribution in [3.63, 3.8) is 0 Å². The van der Waals surface area contributed by atoms with E-state index in [0.29, 0.717) is 12.4 Å². The molecule has 0 spiro atoms. The molecule has 0 bridgehead atoms. The lowest BCUT2D eigenvalue weighted by Crippen LogP contribution is -2.35. The van der Waals surface area contributed by atoms with Crippen molar-refractivity contribution < 1.29 is 4.79 Å². The Morgan fingerprint density at radius 1 is 1.22 bits per heavy atom. The maximum atomic E-state index is 12.1. The summed E-state index contributed by atoms with van der Waals surface area (Å²) >= 11 is 1.60. The van der Waals surface area contributed by atoms with Crippen molar-refractivity contribution in [3.8, 4) is 11.3 Å². The van der Waals surface area contributed by atoms with E-state index in [1.807, 2.05) is 27.2 Å². The highest BCUT2D eigenvalue weighted by atomic mass is 32.1. The van der Waals surface area contributed by atoms with Gasteiger partial charge in [0.05, 0.1) is 27.2 Å². The number of fused-ring (bicyclic) bond motifs is 2. The predicted molar refractivity (Wildman–Crippen MR) is 125 cm³/mol. The third-order valence-electron chi connectivity index (χ3n) is 6.48. The maximum Gasteiger partial charge on any atom is 0.246 e. The minimum Gasteiger partial charge on any atom is -0.383 e. The zero-order chi connectivity index (χ0) is 21.8. The van der Waals surface area contributed by atoms with Crippen LogP contribution in [0.25, 0.3) is 32.5 Å². The van der Waals surface area contributed by atoms with E-state index < -0.39 is 0 Å². The van der Waals surface area contributed by atoms with Crippen LogP contribution in [0.2, 0.25) is 0 Å². The molecule has 32 heavy (non-hydrogen) atoms. The number of anilines is 1. The summed E-state index contributed by atoms with van der Waals surface area (Å²) in [4.78, 5) is 27.1. The average Bonchev–Trinajstić information content (AvgIpc) is 3.53. The third-order valence-corrected chi connectivity index (χ3v) is 7.28. The first-order valence-corrected chi connectivity index (χ1v) is 11.4. The summed E-state index contributed by atoms with van der Waals surface area (Å²) in [5.74, 6) is 0.421. The molecule has 0 saturated heterocycles. The van der Waals surface area contributed by atoms with E-state index in [9.17, 15) is 4.79 Å². The number of hydrogen-bond acceptors (Lipinski definition) is 7. The molecule has 6 rings (SSSR count). The molecule has 2 aliphatic rings. The summed E-state index contributed by atoms with van der Waals surface area (Å²) < 4.78 is 3.11. The summed E-state index contributed by atoms with van der Waals surface area (Å²) in [7, 11) is 0. The lowest BCUT2D eigenvalue weighted by Gasteiger charge is -2.27. The molecule has 9 heteroatoms. The van der Waals surface area contributed by atoms with Crippen LogP contribution < -0.4 is 5.73 Å². The van der Waals surface area contributed by atoms with Gasteiger partial charge < -0.3 is 10.6 Å². The maximum absolute atomic E-state index is 12.1. The summed E-state index contributed by atoms with van der Waals surface area (Å²) in [6.45, 7) is 5.03. The Labute approximate surface area is 188 Å². The van der Waals surface area contributed by atoms with E-state index in [1.165, 1.54) is 23.5 Å². The number of benzene rings is 1. The Morgan fingerprint density at radius 3 is 2.97 bits per heavy atom. The first-order valence-electron chi connectivity index (χ1n) is 10.6. The molecule has 0 radical (unpaired) electrons. The van der Waals surface area contributed by atoms with Crippen LogP contribution in [0.5, 0.6) is 0 Å². The van der Waals surface area contributed by atoms with Gasteiger partial charge in [0.25, 0.3) is 0 Å². The molecule has 0 saturated carbocycles. The fourth-order valence-corrected chi connectivity index (χ4v) is 5.63. The Morgan fingerprint density at radius 2 is 2.09 bits per heavy atom. The number of nitrogen functional groups attached to an aromatic ring is 1. The van der Waals surface area contributed by atoms with Crippen LogP contribution >= 0.6 is 11.3 Å². The summed E-state index contributed by atoms with van der Waals surface area (Å²) in [6, 6.07) is 6.28. The number of nitrogens with zero attached hydrogens (tertiary/aromatic N) is 6. The number of carbonyl (C=O) groups excluding carboxylic acids is 1. The summed E-state index contributed by atoms with van der Waals surface area (Å²) in [5.41, 5.74) is 14.4. The van der Waals surface area contributed by atoms with Crippen molar-refractivity contribution in [2.45, 2.75) is 25.3 Å². The van der Waals surface area contributed by atoms with Crippen LogP contribution in [0, 0.1) is 0 Å². The number of carbonyl (C=O) groups is 1. The van der Waals surface area contributed by atoms with Gasteiger partial charge >= 0.3 is 0 Å². The van der Waals surface area contributed by atoms with Gasteiger partial charge in [-0.25, -0.2) is 19.6 Å².